The minimum atomic E-state index is -1.26. The maximum absolute atomic E-state index is 13.3. The lowest BCUT2D eigenvalue weighted by molar-refractivity contribution is -0.141. The lowest BCUT2D eigenvalue weighted by Gasteiger charge is -2.27. The predicted octanol–water partition coefficient (Wildman–Crippen LogP) is -1.07. The van der Waals surface area contributed by atoms with Gasteiger partial charge in [0, 0.05) is 19.0 Å². The third kappa shape index (κ3) is 8.76. The summed E-state index contributed by atoms with van der Waals surface area (Å²) in [4.78, 5) is 51.2. The van der Waals surface area contributed by atoms with Crippen LogP contribution in [0.3, 0.4) is 0 Å². The summed E-state index contributed by atoms with van der Waals surface area (Å²) < 4.78 is 13.3. The van der Waals surface area contributed by atoms with Crippen LogP contribution >= 0.6 is 0 Å². The van der Waals surface area contributed by atoms with E-state index in [0.717, 1.165) is 0 Å². The second-order valence-corrected chi connectivity index (χ2v) is 9.55. The maximum Gasteiger partial charge on any atom is 0.242 e. The van der Waals surface area contributed by atoms with Crippen molar-refractivity contribution in [2.45, 2.75) is 76.3 Å². The van der Waals surface area contributed by atoms with E-state index in [1.165, 1.54) is 30.9 Å². The zero-order valence-electron chi connectivity index (χ0n) is 21.2. The quantitative estimate of drug-likeness (QED) is 0.178. The molecule has 0 unspecified atom stereocenters. The largest absolute Gasteiger partial charge is 0.391 e. The van der Waals surface area contributed by atoms with Gasteiger partial charge in [0.2, 0.25) is 23.6 Å². The molecule has 1 aliphatic heterocycles. The summed E-state index contributed by atoms with van der Waals surface area (Å²) in [5, 5.41) is 24.7. The number of amides is 4. The molecule has 0 aliphatic carbocycles. The van der Waals surface area contributed by atoms with Crippen LogP contribution in [-0.4, -0.2) is 82.2 Å². The molecule has 2 rings (SSSR count). The van der Waals surface area contributed by atoms with Crippen molar-refractivity contribution in [3.05, 3.63) is 35.6 Å². The number of halogens is 1. The molecular weight excluding hydrogens is 485 g/mol. The van der Waals surface area contributed by atoms with Gasteiger partial charge in [-0.1, -0.05) is 12.1 Å². The molecule has 37 heavy (non-hydrogen) atoms. The van der Waals surface area contributed by atoms with E-state index in [4.69, 9.17) is 11.5 Å². The fraction of sp³-hybridized carbons (Fsp3) is 0.600. The first-order valence-electron chi connectivity index (χ1n) is 12.5. The van der Waals surface area contributed by atoms with Crippen molar-refractivity contribution in [2.24, 2.45) is 17.4 Å². The molecule has 1 aromatic carbocycles. The van der Waals surface area contributed by atoms with Gasteiger partial charge in [0.15, 0.2) is 0 Å². The second-order valence-electron chi connectivity index (χ2n) is 9.55. The standard InChI is InChI=1S/C25H38FN5O6/c1-14(32)20(27)25(37)31-12-4-6-19(31)24(36)29-11-3-5-17(13-16-7-9-18(26)10-8-16)23(35)30-21(15(2)33)22(28)34/h7-10,14-15,17,19-21,32-33H,3-6,11-13,27H2,1-2H3,(H2,28,34)(H,29,36)(H,30,35)/t14-,15-,17-,19+,20+,21+/m1/s1. The molecule has 11 nitrogen and oxygen atoms in total. The van der Waals surface area contributed by atoms with Crippen LogP contribution in [0.2, 0.25) is 0 Å². The van der Waals surface area contributed by atoms with E-state index in [1.807, 2.05) is 0 Å². The Balaban J connectivity index is 1.98. The number of primary amides is 1. The average Bonchev–Trinajstić information content (AvgIpc) is 3.34. The molecule has 0 bridgehead atoms. The lowest BCUT2D eigenvalue weighted by Crippen LogP contribution is -2.54. The van der Waals surface area contributed by atoms with Crippen LogP contribution < -0.4 is 22.1 Å². The van der Waals surface area contributed by atoms with Crippen LogP contribution in [0.1, 0.15) is 45.1 Å². The molecule has 1 heterocycles. The Labute approximate surface area is 215 Å². The van der Waals surface area contributed by atoms with E-state index < -0.39 is 59.8 Å². The molecule has 1 fully saturated rings. The van der Waals surface area contributed by atoms with E-state index in [1.54, 1.807) is 12.1 Å². The Morgan fingerprint density at radius 1 is 1.14 bits per heavy atom. The van der Waals surface area contributed by atoms with Crippen LogP contribution in [0.4, 0.5) is 4.39 Å². The molecule has 8 N–H and O–H groups in total. The number of aliphatic hydroxyl groups excluding tert-OH is 2. The number of carbonyl (C=O) groups excluding carboxylic acids is 4. The van der Waals surface area contributed by atoms with Gasteiger partial charge in [-0.2, -0.15) is 0 Å². The van der Waals surface area contributed by atoms with Crippen molar-refractivity contribution < 1.29 is 33.8 Å². The monoisotopic (exact) mass is 523 g/mol. The summed E-state index contributed by atoms with van der Waals surface area (Å²) in [6, 6.07) is 2.63. The van der Waals surface area contributed by atoms with Crippen molar-refractivity contribution in [1.82, 2.24) is 15.5 Å². The smallest absolute Gasteiger partial charge is 0.242 e. The van der Waals surface area contributed by atoms with Gasteiger partial charge in [0.1, 0.15) is 23.9 Å². The summed E-state index contributed by atoms with van der Waals surface area (Å²) in [6.07, 6.45) is -0.152. The first-order valence-corrected chi connectivity index (χ1v) is 12.5. The Bertz CT molecular complexity index is 942. The number of nitrogens with zero attached hydrogens (tertiary/aromatic N) is 1. The SMILES string of the molecule is C[C@@H](O)[C@H](N)C(=O)N1CCC[C@H]1C(=O)NCCC[C@H](Cc1ccc(F)cc1)C(=O)N[C@H](C(N)=O)[C@@H](C)O. The van der Waals surface area contributed by atoms with Gasteiger partial charge in [0.25, 0.3) is 0 Å². The van der Waals surface area contributed by atoms with Crippen molar-refractivity contribution >= 4 is 23.6 Å². The lowest BCUT2D eigenvalue weighted by atomic mass is 9.93. The maximum atomic E-state index is 13.3. The zero-order chi connectivity index (χ0) is 27.7. The Morgan fingerprint density at radius 3 is 2.35 bits per heavy atom. The normalized spacial score (nSPS) is 19.4. The Morgan fingerprint density at radius 2 is 1.78 bits per heavy atom. The number of rotatable bonds is 13. The molecule has 0 spiro atoms. The van der Waals surface area contributed by atoms with Crippen LogP contribution in [0.25, 0.3) is 0 Å². The topological polar surface area (TPSA) is 188 Å². The molecule has 0 saturated carbocycles. The molecule has 0 aromatic heterocycles. The Hall–Kier alpha value is -3.09. The molecule has 4 amide bonds. The number of aliphatic hydroxyl groups is 2. The first kappa shape index (κ1) is 30.1. The van der Waals surface area contributed by atoms with E-state index >= 15 is 0 Å². The highest BCUT2D eigenvalue weighted by Gasteiger charge is 2.37. The van der Waals surface area contributed by atoms with E-state index in [0.29, 0.717) is 37.8 Å². The van der Waals surface area contributed by atoms with Gasteiger partial charge in [-0.3, -0.25) is 19.2 Å². The van der Waals surface area contributed by atoms with Gasteiger partial charge >= 0.3 is 0 Å². The van der Waals surface area contributed by atoms with Crippen LogP contribution in [-0.2, 0) is 25.6 Å². The number of carbonyl (C=O) groups is 4. The van der Waals surface area contributed by atoms with Crippen LogP contribution in [0.15, 0.2) is 24.3 Å². The summed E-state index contributed by atoms with van der Waals surface area (Å²) in [5.41, 5.74) is 11.7. The van der Waals surface area contributed by atoms with Crippen molar-refractivity contribution in [3.63, 3.8) is 0 Å². The molecule has 206 valence electrons. The zero-order valence-corrected chi connectivity index (χ0v) is 21.2. The number of benzene rings is 1. The van der Waals surface area contributed by atoms with Gasteiger partial charge in [-0.25, -0.2) is 4.39 Å². The minimum Gasteiger partial charge on any atom is -0.391 e. The molecule has 1 aromatic rings. The van der Waals surface area contributed by atoms with Crippen molar-refractivity contribution in [3.8, 4) is 0 Å². The fourth-order valence-electron chi connectivity index (χ4n) is 4.31. The van der Waals surface area contributed by atoms with E-state index in [9.17, 15) is 33.8 Å². The predicted molar refractivity (Wildman–Crippen MR) is 133 cm³/mol. The summed E-state index contributed by atoms with van der Waals surface area (Å²) in [5.74, 6) is -3.25. The van der Waals surface area contributed by atoms with E-state index in [-0.39, 0.29) is 18.9 Å². The van der Waals surface area contributed by atoms with Crippen LogP contribution in [0.5, 0.6) is 0 Å². The summed E-state index contributed by atoms with van der Waals surface area (Å²) in [6.45, 7) is 3.36. The highest BCUT2D eigenvalue weighted by Crippen LogP contribution is 2.20. The second kappa shape index (κ2) is 14.0. The number of hydrogen-bond acceptors (Lipinski definition) is 7. The van der Waals surface area contributed by atoms with Gasteiger partial charge in [-0.15, -0.1) is 0 Å². The third-order valence-electron chi connectivity index (χ3n) is 6.52. The van der Waals surface area contributed by atoms with Gasteiger partial charge in [0.05, 0.1) is 12.2 Å². The van der Waals surface area contributed by atoms with Crippen LogP contribution in [0, 0.1) is 11.7 Å². The van der Waals surface area contributed by atoms with Crippen molar-refractivity contribution in [1.29, 1.82) is 0 Å². The van der Waals surface area contributed by atoms with Gasteiger partial charge < -0.3 is 37.2 Å². The molecule has 6 atom stereocenters. The van der Waals surface area contributed by atoms with E-state index in [2.05, 4.69) is 10.6 Å². The minimum absolute atomic E-state index is 0.225. The van der Waals surface area contributed by atoms with Gasteiger partial charge in [-0.05, 0) is 63.6 Å². The molecular formula is C25H38FN5O6. The third-order valence-corrected chi connectivity index (χ3v) is 6.52. The highest BCUT2D eigenvalue weighted by molar-refractivity contribution is 5.90. The molecule has 12 heteroatoms. The number of nitrogens with two attached hydrogens (primary N) is 2. The summed E-state index contributed by atoms with van der Waals surface area (Å²) in [7, 11) is 0. The molecule has 1 saturated heterocycles. The Kier molecular flexibility index (Phi) is 11.4. The number of nitrogens with one attached hydrogen (secondary N) is 2. The molecule has 0 radical (unpaired) electrons. The highest BCUT2D eigenvalue weighted by atomic mass is 19.1. The number of likely N-dealkylation sites (tertiary alicyclic amines) is 1. The molecule has 1 aliphatic rings. The fourth-order valence-corrected chi connectivity index (χ4v) is 4.31. The van der Waals surface area contributed by atoms with Crippen molar-refractivity contribution in [2.75, 3.05) is 13.1 Å². The number of hydrogen-bond donors (Lipinski definition) is 6. The summed E-state index contributed by atoms with van der Waals surface area (Å²) >= 11 is 0. The first-order chi connectivity index (χ1) is 17.4. The average molecular weight is 524 g/mol.